The number of aliphatic hydroxyl groups is 1. The smallest absolute Gasteiger partial charge is 0.325 e. The van der Waals surface area contributed by atoms with E-state index in [0.29, 0.717) is 10.0 Å². The van der Waals surface area contributed by atoms with Crippen molar-refractivity contribution in [2.24, 2.45) is 10.1 Å². The summed E-state index contributed by atoms with van der Waals surface area (Å²) in [4.78, 5) is 31.9. The van der Waals surface area contributed by atoms with Gasteiger partial charge in [0.05, 0.1) is 43.2 Å². The number of guanidine groups is 1. The second-order valence-electron chi connectivity index (χ2n) is 7.83. The normalized spacial score (nSPS) is 21.4. The highest BCUT2D eigenvalue weighted by atomic mass is 79.9. The number of carbonyl (C=O) groups is 2. The van der Waals surface area contributed by atoms with E-state index >= 15 is 0 Å². The van der Waals surface area contributed by atoms with Crippen molar-refractivity contribution in [1.82, 2.24) is 20.5 Å². The number of urea groups is 1. The summed E-state index contributed by atoms with van der Waals surface area (Å²) >= 11 is 3.25. The number of ether oxygens (including phenoxy) is 2. The number of amides is 3. The number of methoxy groups -OCH3 is 1. The first kappa shape index (κ1) is 24.7. The number of hydrogen-bond acceptors (Lipinski definition) is 10. The molecule has 0 bridgehead atoms. The molecule has 3 unspecified atom stereocenters. The van der Waals surface area contributed by atoms with Crippen LogP contribution in [-0.4, -0.2) is 95.8 Å². The van der Waals surface area contributed by atoms with E-state index in [9.17, 15) is 19.8 Å². The van der Waals surface area contributed by atoms with Gasteiger partial charge in [-0.3, -0.25) is 10.1 Å². The Hall–Kier alpha value is -2.90. The van der Waals surface area contributed by atoms with Crippen LogP contribution in [0.3, 0.4) is 0 Å². The summed E-state index contributed by atoms with van der Waals surface area (Å²) in [5.41, 5.74) is 3.40. The lowest BCUT2D eigenvalue weighted by Gasteiger charge is -2.36. The lowest BCUT2D eigenvalue weighted by Crippen LogP contribution is -2.64. The number of benzene rings is 1. The number of β-amino-alcohol motifs (C(OH)–C–C–N with tert-alkyl or cyclic N) is 1. The molecule has 12 nitrogen and oxygen atoms in total. The zero-order valence-electron chi connectivity index (χ0n) is 18.6. The number of likely N-dealkylation sites (N-methyl/N-ethyl adjacent to an activating group) is 1. The van der Waals surface area contributed by atoms with Crippen molar-refractivity contribution in [3.05, 3.63) is 22.2 Å². The number of nitrogens with zero attached hydrogens (tertiary/aromatic N) is 4. The molecule has 4 N–H and O–H groups in total. The van der Waals surface area contributed by atoms with Crippen LogP contribution in [0.15, 0.2) is 26.7 Å². The summed E-state index contributed by atoms with van der Waals surface area (Å²) in [6.45, 7) is 3.81. The summed E-state index contributed by atoms with van der Waals surface area (Å²) in [6.07, 6.45) is -0.270. The number of aliphatic hydroxyl groups excluding tert-OH is 1. The number of carbonyl (C=O) groups excluding carboxylic acids is 2. The van der Waals surface area contributed by atoms with E-state index in [1.54, 1.807) is 17.0 Å². The van der Waals surface area contributed by atoms with E-state index in [0.717, 1.165) is 0 Å². The predicted octanol–water partition coefficient (Wildman–Crippen LogP) is 0.421. The van der Waals surface area contributed by atoms with Crippen molar-refractivity contribution >= 4 is 40.0 Å². The van der Waals surface area contributed by atoms with E-state index in [2.05, 4.69) is 36.8 Å². The average Bonchev–Trinajstić information content (AvgIpc) is 3.11. The van der Waals surface area contributed by atoms with Gasteiger partial charge in [-0.2, -0.15) is 5.10 Å². The van der Waals surface area contributed by atoms with Crippen LogP contribution in [0, 0.1) is 0 Å². The van der Waals surface area contributed by atoms with Crippen molar-refractivity contribution in [3.8, 4) is 11.5 Å². The molecular weight excluding hydrogens is 500 g/mol. The third kappa shape index (κ3) is 5.54. The number of imide groups is 1. The number of hydrazone groups is 1. The van der Waals surface area contributed by atoms with E-state index in [1.165, 1.54) is 25.3 Å². The Balaban J connectivity index is 1.81. The standard InChI is InChI=1S/C20H27BrN6O6/c1-10(2)33-9-12(28)8-27-15-17(26(3)20(31)24-18(15)30)23-19(27)25-22-7-11-5-13(21)16(29)14(6-11)32-4/h5-7,10,12,15,17,28-29H,8-9H2,1-4H3,(H,23,25)(H,24,30,31)/b22-7+. The third-order valence-corrected chi connectivity index (χ3v) is 5.64. The quantitative estimate of drug-likeness (QED) is 0.281. The van der Waals surface area contributed by atoms with Gasteiger partial charge in [0, 0.05) is 7.05 Å². The summed E-state index contributed by atoms with van der Waals surface area (Å²) < 4.78 is 11.0. The third-order valence-electron chi connectivity index (χ3n) is 5.04. The van der Waals surface area contributed by atoms with Gasteiger partial charge in [0.15, 0.2) is 23.7 Å². The fraction of sp³-hybridized carbons (Fsp3) is 0.500. The molecule has 1 fully saturated rings. The number of aromatic hydroxyl groups is 1. The maximum Gasteiger partial charge on any atom is 0.325 e. The van der Waals surface area contributed by atoms with Crippen molar-refractivity contribution in [3.63, 3.8) is 0 Å². The molecule has 3 amide bonds. The maximum absolute atomic E-state index is 12.6. The second-order valence-corrected chi connectivity index (χ2v) is 8.68. The monoisotopic (exact) mass is 526 g/mol. The van der Waals surface area contributed by atoms with Crippen LogP contribution in [-0.2, 0) is 9.53 Å². The Labute approximate surface area is 199 Å². The molecule has 2 aliphatic heterocycles. The number of hydrogen-bond donors (Lipinski definition) is 4. The molecule has 3 rings (SSSR count). The van der Waals surface area contributed by atoms with E-state index in [4.69, 9.17) is 9.47 Å². The molecule has 0 saturated carbocycles. The number of rotatable bonds is 8. The van der Waals surface area contributed by atoms with Crippen LogP contribution < -0.4 is 15.5 Å². The van der Waals surface area contributed by atoms with Crippen molar-refractivity contribution < 1.29 is 29.3 Å². The predicted molar refractivity (Wildman–Crippen MR) is 123 cm³/mol. The van der Waals surface area contributed by atoms with Gasteiger partial charge in [-0.05, 0) is 47.5 Å². The Morgan fingerprint density at radius 2 is 2.12 bits per heavy atom. The number of halogens is 1. The van der Waals surface area contributed by atoms with Gasteiger partial charge >= 0.3 is 6.03 Å². The highest BCUT2D eigenvalue weighted by molar-refractivity contribution is 9.10. The highest BCUT2D eigenvalue weighted by Gasteiger charge is 2.49. The van der Waals surface area contributed by atoms with Crippen LogP contribution in [0.4, 0.5) is 4.79 Å². The van der Waals surface area contributed by atoms with Crippen molar-refractivity contribution in [1.29, 1.82) is 0 Å². The summed E-state index contributed by atoms with van der Waals surface area (Å²) in [6, 6.07) is 1.84. The van der Waals surface area contributed by atoms with Gasteiger partial charge in [0.1, 0.15) is 0 Å². The van der Waals surface area contributed by atoms with Gasteiger partial charge in [-0.25, -0.2) is 15.2 Å². The molecule has 0 radical (unpaired) electrons. The van der Waals surface area contributed by atoms with Gasteiger partial charge in [-0.15, -0.1) is 0 Å². The molecule has 0 spiro atoms. The molecule has 1 aromatic rings. The average molecular weight is 527 g/mol. The minimum absolute atomic E-state index is 0.0310. The van der Waals surface area contributed by atoms with E-state index in [-0.39, 0.29) is 36.7 Å². The molecule has 2 heterocycles. The topological polar surface area (TPSA) is 148 Å². The molecule has 33 heavy (non-hydrogen) atoms. The molecule has 13 heteroatoms. The largest absolute Gasteiger partial charge is 0.503 e. The number of phenolic OH excluding ortho intramolecular Hbond substituents is 1. The zero-order chi connectivity index (χ0) is 24.3. The molecule has 2 aliphatic rings. The Kier molecular flexibility index (Phi) is 7.76. The summed E-state index contributed by atoms with van der Waals surface area (Å²) in [5.74, 6) is -0.0701. The molecule has 0 aromatic heterocycles. The van der Waals surface area contributed by atoms with Crippen molar-refractivity contribution in [2.45, 2.75) is 38.3 Å². The number of phenols is 1. The van der Waals surface area contributed by atoms with Crippen molar-refractivity contribution in [2.75, 3.05) is 27.3 Å². The van der Waals surface area contributed by atoms with Crippen LogP contribution in [0.5, 0.6) is 11.5 Å². The lowest BCUT2D eigenvalue weighted by molar-refractivity contribution is -0.127. The minimum atomic E-state index is -0.907. The Morgan fingerprint density at radius 1 is 1.39 bits per heavy atom. The fourth-order valence-electron chi connectivity index (χ4n) is 3.39. The van der Waals surface area contributed by atoms with Crippen LogP contribution in [0.25, 0.3) is 0 Å². The lowest BCUT2D eigenvalue weighted by atomic mass is 10.1. The van der Waals surface area contributed by atoms with Crippen LogP contribution in [0.1, 0.15) is 19.4 Å². The first-order valence-electron chi connectivity index (χ1n) is 10.2. The molecule has 1 aromatic carbocycles. The summed E-state index contributed by atoms with van der Waals surface area (Å²) in [7, 11) is 2.97. The zero-order valence-corrected chi connectivity index (χ0v) is 20.2. The van der Waals surface area contributed by atoms with E-state index in [1.807, 2.05) is 13.8 Å². The van der Waals surface area contributed by atoms with Gasteiger partial charge in [0.2, 0.25) is 5.96 Å². The highest BCUT2D eigenvalue weighted by Crippen LogP contribution is 2.34. The second kappa shape index (κ2) is 10.4. The maximum atomic E-state index is 12.6. The van der Waals surface area contributed by atoms with Gasteiger partial charge < -0.3 is 29.5 Å². The number of fused-ring (bicyclic) bond motifs is 1. The summed E-state index contributed by atoms with van der Waals surface area (Å²) in [5, 5.41) is 26.9. The molecule has 3 atom stereocenters. The van der Waals surface area contributed by atoms with Gasteiger partial charge in [0.25, 0.3) is 5.91 Å². The molecule has 0 aliphatic carbocycles. The molecular formula is C20H27BrN6O6. The SMILES string of the molecule is COc1cc(/C=N/NC2=NC3C(C(=O)NC(=O)N3C)N2CC(O)COC(C)C)cc(Br)c1O. The minimum Gasteiger partial charge on any atom is -0.503 e. The van der Waals surface area contributed by atoms with Crippen LogP contribution >= 0.6 is 15.9 Å². The number of aliphatic imine (C=N–C) groups is 1. The van der Waals surface area contributed by atoms with E-state index < -0.39 is 30.2 Å². The van der Waals surface area contributed by atoms with Gasteiger partial charge in [-0.1, -0.05) is 0 Å². The Morgan fingerprint density at radius 3 is 2.79 bits per heavy atom. The number of nitrogens with one attached hydrogen (secondary N) is 2. The van der Waals surface area contributed by atoms with Crippen LogP contribution in [0.2, 0.25) is 0 Å². The fourth-order valence-corrected chi connectivity index (χ4v) is 3.85. The first-order chi connectivity index (χ1) is 15.6. The first-order valence-corrected chi connectivity index (χ1v) is 11.0. The molecule has 180 valence electrons. The molecule has 1 saturated heterocycles. The Bertz CT molecular complexity index is 971.